The number of hydrogen-bond acceptors (Lipinski definition) is 6. The predicted octanol–water partition coefficient (Wildman–Crippen LogP) is 1.73. The average Bonchev–Trinajstić information content (AvgIpc) is 3.11. The molecule has 0 aromatic carbocycles. The van der Waals surface area contributed by atoms with E-state index in [1.165, 1.54) is 0 Å². The molecule has 1 aliphatic heterocycles. The molecule has 19 heavy (non-hydrogen) atoms. The quantitative estimate of drug-likeness (QED) is 0.901. The number of nitrogens with one attached hydrogen (secondary N) is 1. The first-order valence-electron chi connectivity index (χ1n) is 6.41. The minimum Gasteiger partial charge on any atom is -0.381 e. The van der Waals surface area contributed by atoms with Crippen LogP contribution in [0.2, 0.25) is 0 Å². The molecule has 3 rings (SSSR count). The molecule has 0 spiro atoms. The maximum atomic E-state index is 5.35. The molecule has 3 heterocycles. The normalized spacial score (nSPS) is 18.8. The Morgan fingerprint density at radius 3 is 3.21 bits per heavy atom. The van der Waals surface area contributed by atoms with Crippen LogP contribution in [0.15, 0.2) is 24.0 Å². The summed E-state index contributed by atoms with van der Waals surface area (Å²) in [5, 5.41) is 6.43. The molecular weight excluding hydrogens is 260 g/mol. The van der Waals surface area contributed by atoms with E-state index in [0.717, 1.165) is 49.1 Å². The van der Waals surface area contributed by atoms with Crippen molar-refractivity contribution in [3.8, 4) is 10.7 Å². The highest BCUT2D eigenvalue weighted by Crippen LogP contribution is 2.20. The molecule has 1 atom stereocenters. The van der Waals surface area contributed by atoms with E-state index in [4.69, 9.17) is 4.74 Å². The van der Waals surface area contributed by atoms with E-state index >= 15 is 0 Å². The van der Waals surface area contributed by atoms with Gasteiger partial charge in [-0.1, -0.05) is 0 Å². The van der Waals surface area contributed by atoms with Crippen molar-refractivity contribution in [3.63, 3.8) is 0 Å². The molecule has 0 aliphatic carbocycles. The van der Waals surface area contributed by atoms with E-state index in [1.54, 1.807) is 29.9 Å². The summed E-state index contributed by atoms with van der Waals surface area (Å²) in [5.74, 6) is 0.651. The van der Waals surface area contributed by atoms with Gasteiger partial charge in [0.25, 0.3) is 0 Å². The van der Waals surface area contributed by atoms with E-state index in [-0.39, 0.29) is 0 Å². The van der Waals surface area contributed by atoms with Crippen molar-refractivity contribution in [3.05, 3.63) is 29.7 Å². The molecule has 6 heteroatoms. The minimum atomic E-state index is 0.651. The Morgan fingerprint density at radius 1 is 1.42 bits per heavy atom. The van der Waals surface area contributed by atoms with Gasteiger partial charge in [-0.2, -0.15) is 0 Å². The third-order valence-corrected chi connectivity index (χ3v) is 4.01. The zero-order chi connectivity index (χ0) is 12.9. The third-order valence-electron chi connectivity index (χ3n) is 3.10. The lowest BCUT2D eigenvalue weighted by Crippen LogP contribution is -2.22. The van der Waals surface area contributed by atoms with Gasteiger partial charge in [0.1, 0.15) is 10.7 Å². The first-order chi connectivity index (χ1) is 9.42. The maximum Gasteiger partial charge on any atom is 0.143 e. The van der Waals surface area contributed by atoms with Crippen LogP contribution in [-0.2, 0) is 11.3 Å². The average molecular weight is 276 g/mol. The van der Waals surface area contributed by atoms with E-state index in [0.29, 0.717) is 5.92 Å². The van der Waals surface area contributed by atoms with Crippen LogP contribution in [0.1, 0.15) is 12.1 Å². The molecular formula is C13H16N4OS. The number of aromatic nitrogens is 3. The van der Waals surface area contributed by atoms with Crippen molar-refractivity contribution >= 4 is 11.3 Å². The first-order valence-corrected chi connectivity index (χ1v) is 7.29. The zero-order valence-electron chi connectivity index (χ0n) is 10.6. The van der Waals surface area contributed by atoms with Crippen LogP contribution < -0.4 is 5.32 Å². The van der Waals surface area contributed by atoms with Crippen LogP contribution in [0.3, 0.4) is 0 Å². The Bertz CT molecular complexity index is 510. The molecule has 0 bridgehead atoms. The van der Waals surface area contributed by atoms with Gasteiger partial charge >= 0.3 is 0 Å². The second-order valence-electron chi connectivity index (χ2n) is 4.60. The van der Waals surface area contributed by atoms with Gasteiger partial charge in [0, 0.05) is 37.5 Å². The smallest absolute Gasteiger partial charge is 0.143 e. The second kappa shape index (κ2) is 6.18. The SMILES string of the molecule is c1cnc(-c2nc(CNCC3CCOC3)cs2)cn1. The fraction of sp³-hybridized carbons (Fsp3) is 0.462. The summed E-state index contributed by atoms with van der Waals surface area (Å²) in [6.45, 7) is 3.58. The second-order valence-corrected chi connectivity index (χ2v) is 5.45. The summed E-state index contributed by atoms with van der Waals surface area (Å²) in [6, 6.07) is 0. The Hall–Kier alpha value is -1.37. The monoisotopic (exact) mass is 276 g/mol. The molecule has 1 fully saturated rings. The molecule has 0 amide bonds. The van der Waals surface area contributed by atoms with Crippen LogP contribution in [0, 0.1) is 5.92 Å². The van der Waals surface area contributed by atoms with Crippen LogP contribution in [0.4, 0.5) is 0 Å². The molecule has 1 unspecified atom stereocenters. The van der Waals surface area contributed by atoms with Crippen molar-refractivity contribution in [1.82, 2.24) is 20.3 Å². The lowest BCUT2D eigenvalue weighted by Gasteiger charge is -2.07. The first kappa shape index (κ1) is 12.7. The van der Waals surface area contributed by atoms with Crippen molar-refractivity contribution in [2.45, 2.75) is 13.0 Å². The summed E-state index contributed by atoms with van der Waals surface area (Å²) < 4.78 is 5.35. The van der Waals surface area contributed by atoms with Crippen molar-refractivity contribution < 1.29 is 4.74 Å². The molecule has 2 aromatic heterocycles. The van der Waals surface area contributed by atoms with Gasteiger partial charge in [0.05, 0.1) is 18.5 Å². The molecule has 5 nitrogen and oxygen atoms in total. The summed E-state index contributed by atoms with van der Waals surface area (Å²) >= 11 is 1.61. The van der Waals surface area contributed by atoms with Gasteiger partial charge < -0.3 is 10.1 Å². The largest absolute Gasteiger partial charge is 0.381 e. The molecule has 1 saturated heterocycles. The Kier molecular flexibility index (Phi) is 4.12. The zero-order valence-corrected chi connectivity index (χ0v) is 11.4. The number of rotatable bonds is 5. The molecule has 0 saturated carbocycles. The van der Waals surface area contributed by atoms with Crippen LogP contribution in [0.5, 0.6) is 0 Å². The van der Waals surface area contributed by atoms with Gasteiger partial charge in [-0.3, -0.25) is 9.97 Å². The topological polar surface area (TPSA) is 59.9 Å². The number of ether oxygens (including phenoxy) is 1. The van der Waals surface area contributed by atoms with Crippen molar-refractivity contribution in [2.24, 2.45) is 5.92 Å². The predicted molar refractivity (Wildman–Crippen MR) is 73.8 cm³/mol. The fourth-order valence-electron chi connectivity index (χ4n) is 2.06. The lowest BCUT2D eigenvalue weighted by atomic mass is 10.1. The number of thiazole rings is 1. The summed E-state index contributed by atoms with van der Waals surface area (Å²) in [5.41, 5.74) is 1.90. The highest BCUT2D eigenvalue weighted by molar-refractivity contribution is 7.13. The molecule has 1 N–H and O–H groups in total. The number of nitrogens with zero attached hydrogens (tertiary/aromatic N) is 3. The Morgan fingerprint density at radius 2 is 2.42 bits per heavy atom. The van der Waals surface area contributed by atoms with E-state index in [2.05, 4.69) is 25.6 Å². The summed E-state index contributed by atoms with van der Waals surface area (Å²) in [4.78, 5) is 12.9. The van der Waals surface area contributed by atoms with Crippen LogP contribution >= 0.6 is 11.3 Å². The highest BCUT2D eigenvalue weighted by Gasteiger charge is 2.15. The Labute approximate surface area is 116 Å². The van der Waals surface area contributed by atoms with Crippen LogP contribution in [0.25, 0.3) is 10.7 Å². The molecule has 2 aromatic rings. The van der Waals surface area contributed by atoms with Gasteiger partial charge in [-0.05, 0) is 12.3 Å². The maximum absolute atomic E-state index is 5.35. The third kappa shape index (κ3) is 3.34. The van der Waals surface area contributed by atoms with Crippen molar-refractivity contribution in [2.75, 3.05) is 19.8 Å². The van der Waals surface area contributed by atoms with Gasteiger partial charge in [-0.25, -0.2) is 4.98 Å². The number of hydrogen-bond donors (Lipinski definition) is 1. The summed E-state index contributed by atoms with van der Waals surface area (Å²) in [7, 11) is 0. The van der Waals surface area contributed by atoms with E-state index in [1.807, 2.05) is 0 Å². The van der Waals surface area contributed by atoms with Crippen LogP contribution in [-0.4, -0.2) is 34.7 Å². The molecule has 1 aliphatic rings. The molecule has 0 radical (unpaired) electrons. The minimum absolute atomic E-state index is 0.651. The summed E-state index contributed by atoms with van der Waals surface area (Å²) in [6.07, 6.45) is 6.26. The van der Waals surface area contributed by atoms with Gasteiger partial charge in [0.15, 0.2) is 0 Å². The fourth-order valence-corrected chi connectivity index (χ4v) is 2.84. The highest BCUT2D eigenvalue weighted by atomic mass is 32.1. The van der Waals surface area contributed by atoms with Gasteiger partial charge in [0.2, 0.25) is 0 Å². The van der Waals surface area contributed by atoms with Crippen molar-refractivity contribution in [1.29, 1.82) is 0 Å². The van der Waals surface area contributed by atoms with Gasteiger partial charge in [-0.15, -0.1) is 11.3 Å². The Balaban J connectivity index is 1.53. The standard InChI is InChI=1S/C13H16N4OS/c1-4-18-8-10(1)5-15-6-11-9-19-13(17-11)12-7-14-2-3-16-12/h2-3,7,9-10,15H,1,4-6,8H2. The molecule has 100 valence electrons. The van der Waals surface area contributed by atoms with E-state index in [9.17, 15) is 0 Å². The lowest BCUT2D eigenvalue weighted by molar-refractivity contribution is 0.185. The van der Waals surface area contributed by atoms with E-state index < -0.39 is 0 Å².